The molecule has 0 radical (unpaired) electrons. The van der Waals surface area contributed by atoms with Gasteiger partial charge in [-0.2, -0.15) is 0 Å². The zero-order valence-corrected chi connectivity index (χ0v) is 19.9. The molecule has 0 bridgehead atoms. The first-order chi connectivity index (χ1) is 17.2. The Morgan fingerprint density at radius 3 is 2.69 bits per heavy atom. The number of fused-ring (bicyclic) bond motifs is 1. The van der Waals surface area contributed by atoms with Gasteiger partial charge in [-0.3, -0.25) is 9.59 Å². The van der Waals surface area contributed by atoms with Gasteiger partial charge in [0.25, 0.3) is 12.3 Å². The molecule has 2 aromatic heterocycles. The second kappa shape index (κ2) is 9.44. The Kier molecular flexibility index (Phi) is 6.31. The third kappa shape index (κ3) is 4.61. The van der Waals surface area contributed by atoms with Crippen molar-refractivity contribution >= 4 is 22.8 Å². The molecule has 8 nitrogen and oxygen atoms in total. The summed E-state index contributed by atoms with van der Waals surface area (Å²) in [5.74, 6) is 0.0591. The Bertz CT molecular complexity index is 1320. The topological polar surface area (TPSA) is 100 Å². The van der Waals surface area contributed by atoms with E-state index < -0.39 is 24.5 Å². The molecule has 190 valence electrons. The standard InChI is InChI=1S/C25H26F3N5O3/c1-12-20(25(35)32-18-9-33(13(2)34)8-17(18)26)22-23(31-12)21(29-11-30-22)16-7-15(24(27)28)5-6-19(16)36-10-14-3-4-14/h5-7,11,14,17-18,24,31H,3-4,8-10H2,1-2H3,(H,32,35)/t17-,18+/m1/s1. The van der Waals surface area contributed by atoms with E-state index in [1.807, 2.05) is 0 Å². The fourth-order valence-electron chi connectivity index (χ4n) is 4.49. The van der Waals surface area contributed by atoms with Crippen molar-refractivity contribution in [2.75, 3.05) is 19.7 Å². The maximum absolute atomic E-state index is 14.5. The largest absolute Gasteiger partial charge is 0.493 e. The number of aromatic amines is 1. The highest BCUT2D eigenvalue weighted by molar-refractivity contribution is 6.09. The van der Waals surface area contributed by atoms with Crippen LogP contribution >= 0.6 is 0 Å². The van der Waals surface area contributed by atoms with E-state index >= 15 is 0 Å². The Balaban J connectivity index is 1.51. The fourth-order valence-corrected chi connectivity index (χ4v) is 4.49. The molecule has 5 rings (SSSR count). The number of hydrogen-bond acceptors (Lipinski definition) is 5. The van der Waals surface area contributed by atoms with E-state index in [9.17, 15) is 22.8 Å². The van der Waals surface area contributed by atoms with E-state index in [0.29, 0.717) is 40.7 Å². The molecule has 2 fully saturated rings. The number of benzene rings is 1. The summed E-state index contributed by atoms with van der Waals surface area (Å²) in [5.41, 5.74) is 1.84. The van der Waals surface area contributed by atoms with Crippen LogP contribution in [0.25, 0.3) is 22.3 Å². The molecule has 11 heteroatoms. The van der Waals surface area contributed by atoms with Gasteiger partial charge in [-0.15, -0.1) is 0 Å². The van der Waals surface area contributed by atoms with Crippen LogP contribution in [0.5, 0.6) is 5.75 Å². The van der Waals surface area contributed by atoms with Crippen LogP contribution in [0.15, 0.2) is 24.5 Å². The molecule has 0 spiro atoms. The number of alkyl halides is 3. The van der Waals surface area contributed by atoms with Crippen molar-refractivity contribution in [2.45, 2.75) is 45.3 Å². The van der Waals surface area contributed by atoms with Crippen molar-refractivity contribution < 1.29 is 27.5 Å². The molecule has 1 aliphatic heterocycles. The number of nitrogens with zero attached hydrogens (tertiary/aromatic N) is 3. The number of likely N-dealkylation sites (tertiary alicyclic amines) is 1. The summed E-state index contributed by atoms with van der Waals surface area (Å²) in [5, 5.41) is 2.67. The summed E-state index contributed by atoms with van der Waals surface area (Å²) in [7, 11) is 0. The first-order valence-corrected chi connectivity index (χ1v) is 11.8. The predicted octanol–water partition coefficient (Wildman–Crippen LogP) is 3.96. The summed E-state index contributed by atoms with van der Waals surface area (Å²) in [6, 6.07) is 3.33. The van der Waals surface area contributed by atoms with Gasteiger partial charge in [0.1, 0.15) is 29.5 Å². The van der Waals surface area contributed by atoms with Gasteiger partial charge < -0.3 is 19.9 Å². The van der Waals surface area contributed by atoms with E-state index in [1.54, 1.807) is 6.92 Å². The van der Waals surface area contributed by atoms with E-state index in [1.165, 1.54) is 36.4 Å². The normalized spacial score (nSPS) is 19.8. The van der Waals surface area contributed by atoms with E-state index in [2.05, 4.69) is 20.3 Å². The second-order valence-electron chi connectivity index (χ2n) is 9.40. The summed E-state index contributed by atoms with van der Waals surface area (Å²) < 4.78 is 47.4. The van der Waals surface area contributed by atoms with Crippen molar-refractivity contribution in [3.05, 3.63) is 41.3 Å². The SMILES string of the molecule is CC(=O)N1C[C@@H](F)[C@@H](NC(=O)c2c(C)[nH]c3c(-c4cc(C(F)F)ccc4OCC4CC4)ncnc23)C1. The summed E-state index contributed by atoms with van der Waals surface area (Å²) in [4.78, 5) is 37.8. The summed E-state index contributed by atoms with van der Waals surface area (Å²) in [6.07, 6.45) is -0.674. The van der Waals surface area contributed by atoms with Crippen LogP contribution in [0.4, 0.5) is 13.2 Å². The molecule has 2 aliphatic rings. The van der Waals surface area contributed by atoms with Crippen LogP contribution in [0.2, 0.25) is 0 Å². The van der Waals surface area contributed by atoms with Gasteiger partial charge in [-0.1, -0.05) is 0 Å². The molecule has 3 heterocycles. The molecular formula is C25H26F3N5O3. The molecule has 1 saturated carbocycles. The number of rotatable bonds is 7. The number of nitrogens with one attached hydrogen (secondary N) is 2. The van der Waals surface area contributed by atoms with Gasteiger partial charge in [-0.05, 0) is 43.9 Å². The molecule has 0 unspecified atom stereocenters. The Morgan fingerprint density at radius 2 is 2.03 bits per heavy atom. The van der Waals surface area contributed by atoms with Gasteiger partial charge in [0.15, 0.2) is 0 Å². The van der Waals surface area contributed by atoms with Gasteiger partial charge >= 0.3 is 0 Å². The molecule has 1 aromatic carbocycles. The van der Waals surface area contributed by atoms with Crippen LogP contribution < -0.4 is 10.1 Å². The molecule has 1 saturated heterocycles. The van der Waals surface area contributed by atoms with Gasteiger partial charge in [0.05, 0.1) is 30.3 Å². The van der Waals surface area contributed by atoms with E-state index in [-0.39, 0.29) is 35.6 Å². The van der Waals surface area contributed by atoms with Crippen molar-refractivity contribution in [1.29, 1.82) is 0 Å². The number of amides is 2. The minimum atomic E-state index is -2.68. The molecule has 1 aliphatic carbocycles. The minimum absolute atomic E-state index is 0.0754. The van der Waals surface area contributed by atoms with Crippen molar-refractivity contribution in [2.24, 2.45) is 5.92 Å². The fraction of sp³-hybridized carbons (Fsp3) is 0.440. The zero-order chi connectivity index (χ0) is 25.6. The number of ether oxygens (including phenoxy) is 1. The average molecular weight is 502 g/mol. The molecule has 36 heavy (non-hydrogen) atoms. The third-order valence-corrected chi connectivity index (χ3v) is 6.69. The highest BCUT2D eigenvalue weighted by Gasteiger charge is 2.36. The van der Waals surface area contributed by atoms with Gasteiger partial charge in [0.2, 0.25) is 5.91 Å². The summed E-state index contributed by atoms with van der Waals surface area (Å²) >= 11 is 0. The monoisotopic (exact) mass is 501 g/mol. The zero-order valence-electron chi connectivity index (χ0n) is 19.9. The first-order valence-electron chi connectivity index (χ1n) is 11.8. The first kappa shape index (κ1) is 24.1. The van der Waals surface area contributed by atoms with Crippen molar-refractivity contribution in [1.82, 2.24) is 25.2 Å². The number of carbonyl (C=O) groups is 2. The summed E-state index contributed by atoms with van der Waals surface area (Å²) in [6.45, 7) is 3.50. The Labute approximate surface area is 205 Å². The van der Waals surface area contributed by atoms with Crippen LogP contribution in [0.1, 0.15) is 47.8 Å². The lowest BCUT2D eigenvalue weighted by Gasteiger charge is -2.15. The van der Waals surface area contributed by atoms with Crippen LogP contribution in [0.3, 0.4) is 0 Å². The molecule has 3 aromatic rings. The van der Waals surface area contributed by atoms with Gasteiger partial charge in [0, 0.05) is 30.3 Å². The lowest BCUT2D eigenvalue weighted by atomic mass is 10.0. The Morgan fingerprint density at radius 1 is 1.25 bits per heavy atom. The smallest absolute Gasteiger partial charge is 0.263 e. The quantitative estimate of drug-likeness (QED) is 0.511. The third-order valence-electron chi connectivity index (χ3n) is 6.69. The Hall–Kier alpha value is -3.63. The number of carbonyl (C=O) groups excluding carboxylic acids is 2. The molecule has 2 amide bonds. The molecule has 2 N–H and O–H groups in total. The second-order valence-corrected chi connectivity index (χ2v) is 9.40. The van der Waals surface area contributed by atoms with Crippen LogP contribution in [-0.4, -0.2) is 63.6 Å². The lowest BCUT2D eigenvalue weighted by molar-refractivity contribution is -0.128. The molecule has 2 atom stereocenters. The number of aromatic nitrogens is 3. The highest BCUT2D eigenvalue weighted by atomic mass is 19.3. The van der Waals surface area contributed by atoms with E-state index in [0.717, 1.165) is 12.8 Å². The number of hydrogen-bond donors (Lipinski definition) is 2. The van der Waals surface area contributed by atoms with E-state index in [4.69, 9.17) is 4.74 Å². The number of aryl methyl sites for hydroxylation is 1. The van der Waals surface area contributed by atoms with Crippen LogP contribution in [0, 0.1) is 12.8 Å². The maximum Gasteiger partial charge on any atom is 0.263 e. The van der Waals surface area contributed by atoms with Crippen molar-refractivity contribution in [3.63, 3.8) is 0 Å². The molecular weight excluding hydrogens is 475 g/mol. The van der Waals surface area contributed by atoms with Crippen LogP contribution in [-0.2, 0) is 4.79 Å². The van der Waals surface area contributed by atoms with Crippen molar-refractivity contribution in [3.8, 4) is 17.0 Å². The highest BCUT2D eigenvalue weighted by Crippen LogP contribution is 2.38. The predicted molar refractivity (Wildman–Crippen MR) is 126 cm³/mol. The van der Waals surface area contributed by atoms with Gasteiger partial charge in [-0.25, -0.2) is 23.1 Å². The lowest BCUT2D eigenvalue weighted by Crippen LogP contribution is -2.41. The minimum Gasteiger partial charge on any atom is -0.493 e. The maximum atomic E-state index is 14.5. The number of halogens is 3. The average Bonchev–Trinajstić information content (AvgIpc) is 3.50. The number of H-pyrrole nitrogens is 1.